The van der Waals surface area contributed by atoms with Crippen molar-refractivity contribution in [3.05, 3.63) is 46.2 Å². The molecule has 0 bridgehead atoms. The van der Waals surface area contributed by atoms with Gasteiger partial charge in [-0.15, -0.1) is 11.6 Å². The summed E-state index contributed by atoms with van der Waals surface area (Å²) in [5.41, 5.74) is 1.61. The number of fused-ring (bicyclic) bond motifs is 1. The van der Waals surface area contributed by atoms with E-state index in [1.165, 1.54) is 6.07 Å². The first-order valence-electron chi connectivity index (χ1n) is 3.98. The van der Waals surface area contributed by atoms with Crippen molar-refractivity contribution in [1.82, 2.24) is 4.98 Å². The first-order valence-corrected chi connectivity index (χ1v) is 4.51. The van der Waals surface area contributed by atoms with Gasteiger partial charge in [-0.05, 0) is 12.1 Å². The summed E-state index contributed by atoms with van der Waals surface area (Å²) in [6.07, 6.45) is 0. The SMILES string of the molecule is O=c1cc(CCl)[nH]c2ccccc12. The van der Waals surface area contributed by atoms with Crippen LogP contribution in [-0.4, -0.2) is 4.98 Å². The van der Waals surface area contributed by atoms with E-state index in [0.717, 1.165) is 11.2 Å². The highest BCUT2D eigenvalue weighted by atomic mass is 35.5. The van der Waals surface area contributed by atoms with Crippen LogP contribution in [0.1, 0.15) is 5.69 Å². The van der Waals surface area contributed by atoms with Gasteiger partial charge in [0.15, 0.2) is 5.43 Å². The highest BCUT2D eigenvalue weighted by molar-refractivity contribution is 6.16. The number of aromatic amines is 1. The first kappa shape index (κ1) is 8.32. The number of pyridine rings is 1. The number of hydrogen-bond donors (Lipinski definition) is 1. The van der Waals surface area contributed by atoms with Crippen molar-refractivity contribution >= 4 is 22.5 Å². The fourth-order valence-electron chi connectivity index (χ4n) is 1.32. The van der Waals surface area contributed by atoms with Gasteiger partial charge in [-0.1, -0.05) is 12.1 Å². The third-order valence-electron chi connectivity index (χ3n) is 1.94. The van der Waals surface area contributed by atoms with Crippen LogP contribution in [0.2, 0.25) is 0 Å². The Morgan fingerprint density at radius 1 is 1.31 bits per heavy atom. The molecule has 2 rings (SSSR count). The minimum absolute atomic E-state index is 0.0185. The van der Waals surface area contributed by atoms with Crippen LogP contribution in [0.5, 0.6) is 0 Å². The third kappa shape index (κ3) is 1.45. The van der Waals surface area contributed by atoms with E-state index in [0.29, 0.717) is 11.3 Å². The van der Waals surface area contributed by atoms with Crippen LogP contribution in [0.3, 0.4) is 0 Å². The van der Waals surface area contributed by atoms with E-state index in [4.69, 9.17) is 11.6 Å². The lowest BCUT2D eigenvalue weighted by atomic mass is 10.2. The lowest BCUT2D eigenvalue weighted by Crippen LogP contribution is -2.03. The Hall–Kier alpha value is -1.28. The lowest BCUT2D eigenvalue weighted by Gasteiger charge is -1.99. The molecule has 13 heavy (non-hydrogen) atoms. The maximum absolute atomic E-state index is 11.5. The van der Waals surface area contributed by atoms with Gasteiger partial charge in [0.05, 0.1) is 5.88 Å². The molecule has 0 fully saturated rings. The highest BCUT2D eigenvalue weighted by Gasteiger charge is 1.99. The Bertz CT molecular complexity index is 489. The summed E-state index contributed by atoms with van der Waals surface area (Å²) in [6.45, 7) is 0. The molecule has 0 aliphatic heterocycles. The number of para-hydroxylation sites is 1. The Morgan fingerprint density at radius 3 is 2.85 bits per heavy atom. The Labute approximate surface area is 80.2 Å². The second-order valence-electron chi connectivity index (χ2n) is 2.84. The molecule has 1 heterocycles. The van der Waals surface area contributed by atoms with Crippen LogP contribution in [0.25, 0.3) is 10.9 Å². The highest BCUT2D eigenvalue weighted by Crippen LogP contribution is 2.08. The first-order chi connectivity index (χ1) is 6.31. The van der Waals surface area contributed by atoms with E-state index in [-0.39, 0.29) is 5.43 Å². The zero-order chi connectivity index (χ0) is 9.26. The second kappa shape index (κ2) is 3.23. The predicted molar refractivity (Wildman–Crippen MR) is 54.1 cm³/mol. The van der Waals surface area contributed by atoms with Crippen molar-refractivity contribution in [2.45, 2.75) is 5.88 Å². The number of aromatic nitrogens is 1. The van der Waals surface area contributed by atoms with Crippen LogP contribution in [0.4, 0.5) is 0 Å². The summed E-state index contributed by atoms with van der Waals surface area (Å²) < 4.78 is 0. The molecule has 2 nitrogen and oxygen atoms in total. The van der Waals surface area contributed by atoms with Crippen molar-refractivity contribution in [3.63, 3.8) is 0 Å². The number of H-pyrrole nitrogens is 1. The van der Waals surface area contributed by atoms with Crippen LogP contribution < -0.4 is 5.43 Å². The fraction of sp³-hybridized carbons (Fsp3) is 0.100. The summed E-state index contributed by atoms with van der Waals surface area (Å²) in [5.74, 6) is 0.333. The molecular weight excluding hydrogens is 186 g/mol. The fourth-order valence-corrected chi connectivity index (χ4v) is 1.47. The van der Waals surface area contributed by atoms with Crippen molar-refractivity contribution in [2.75, 3.05) is 0 Å². The van der Waals surface area contributed by atoms with Gasteiger partial charge < -0.3 is 4.98 Å². The Kier molecular flexibility index (Phi) is 2.07. The molecule has 0 aliphatic carbocycles. The minimum Gasteiger partial charge on any atom is -0.357 e. The summed E-state index contributed by atoms with van der Waals surface area (Å²) in [5, 5.41) is 0.705. The van der Waals surface area contributed by atoms with E-state index in [2.05, 4.69) is 4.98 Å². The minimum atomic E-state index is 0.0185. The number of rotatable bonds is 1. The van der Waals surface area contributed by atoms with Gasteiger partial charge in [0.1, 0.15) is 0 Å². The molecule has 0 saturated heterocycles. The van der Waals surface area contributed by atoms with Gasteiger partial charge in [0.25, 0.3) is 0 Å². The molecule has 1 aromatic carbocycles. The largest absolute Gasteiger partial charge is 0.357 e. The summed E-state index contributed by atoms with van der Waals surface area (Å²) in [6, 6.07) is 8.93. The number of alkyl halides is 1. The molecule has 0 aliphatic rings. The molecule has 1 N–H and O–H groups in total. The standard InChI is InChI=1S/C10H8ClNO/c11-6-7-5-10(13)8-3-1-2-4-9(8)12-7/h1-5H,6H2,(H,12,13). The number of halogens is 1. The summed E-state index contributed by atoms with van der Waals surface area (Å²) in [7, 11) is 0. The van der Waals surface area contributed by atoms with Crippen LogP contribution >= 0.6 is 11.6 Å². The normalized spacial score (nSPS) is 10.5. The van der Waals surface area contributed by atoms with E-state index >= 15 is 0 Å². The van der Waals surface area contributed by atoms with E-state index in [1.807, 2.05) is 18.2 Å². The monoisotopic (exact) mass is 193 g/mol. The molecule has 0 radical (unpaired) electrons. The smallest absolute Gasteiger partial charge is 0.189 e. The van der Waals surface area contributed by atoms with Gasteiger partial charge in [-0.2, -0.15) is 0 Å². The zero-order valence-corrected chi connectivity index (χ0v) is 7.64. The summed E-state index contributed by atoms with van der Waals surface area (Å²) >= 11 is 5.63. The summed E-state index contributed by atoms with van der Waals surface area (Å²) in [4.78, 5) is 14.6. The molecule has 3 heteroatoms. The number of benzene rings is 1. The molecule has 0 amide bonds. The lowest BCUT2D eigenvalue weighted by molar-refractivity contribution is 1.21. The molecule has 0 unspecified atom stereocenters. The van der Waals surface area contributed by atoms with Gasteiger partial charge in [-0.25, -0.2) is 0 Å². The molecule has 0 atom stereocenters. The van der Waals surface area contributed by atoms with Crippen molar-refractivity contribution in [2.24, 2.45) is 0 Å². The molecular formula is C10H8ClNO. The van der Waals surface area contributed by atoms with E-state index in [1.54, 1.807) is 6.07 Å². The number of hydrogen-bond acceptors (Lipinski definition) is 1. The molecule has 2 aromatic rings. The Morgan fingerprint density at radius 2 is 2.08 bits per heavy atom. The van der Waals surface area contributed by atoms with Gasteiger partial charge in [0, 0.05) is 22.7 Å². The predicted octanol–water partition coefficient (Wildman–Crippen LogP) is 2.27. The van der Waals surface area contributed by atoms with E-state index < -0.39 is 0 Å². The number of nitrogens with one attached hydrogen (secondary N) is 1. The quantitative estimate of drug-likeness (QED) is 0.693. The molecule has 1 aromatic heterocycles. The third-order valence-corrected chi connectivity index (χ3v) is 2.22. The van der Waals surface area contributed by atoms with Crippen LogP contribution in [0, 0.1) is 0 Å². The maximum Gasteiger partial charge on any atom is 0.189 e. The topological polar surface area (TPSA) is 32.9 Å². The second-order valence-corrected chi connectivity index (χ2v) is 3.11. The maximum atomic E-state index is 11.5. The average Bonchev–Trinajstić information content (AvgIpc) is 2.18. The average molecular weight is 194 g/mol. The molecule has 0 spiro atoms. The van der Waals surface area contributed by atoms with Gasteiger partial charge in [0.2, 0.25) is 0 Å². The van der Waals surface area contributed by atoms with Crippen molar-refractivity contribution in [1.29, 1.82) is 0 Å². The van der Waals surface area contributed by atoms with Crippen LogP contribution in [-0.2, 0) is 5.88 Å². The van der Waals surface area contributed by atoms with E-state index in [9.17, 15) is 4.79 Å². The molecule has 66 valence electrons. The Balaban J connectivity index is 2.85. The molecule has 0 saturated carbocycles. The van der Waals surface area contributed by atoms with Crippen molar-refractivity contribution in [3.8, 4) is 0 Å². The van der Waals surface area contributed by atoms with Crippen molar-refractivity contribution < 1.29 is 0 Å². The van der Waals surface area contributed by atoms with Crippen LogP contribution in [0.15, 0.2) is 35.1 Å². The van der Waals surface area contributed by atoms with Gasteiger partial charge in [-0.3, -0.25) is 4.79 Å². The van der Waals surface area contributed by atoms with Gasteiger partial charge >= 0.3 is 0 Å². The zero-order valence-electron chi connectivity index (χ0n) is 6.88.